The number of benzene rings is 3. The van der Waals surface area contributed by atoms with Crippen LogP contribution in [0.4, 0.5) is 11.4 Å². The fraction of sp³-hybridized carbons (Fsp3) is 0.100. The Hall–Kier alpha value is -3.25. The van der Waals surface area contributed by atoms with Crippen molar-refractivity contribution < 1.29 is 9.85 Å². The second-order valence-corrected chi connectivity index (χ2v) is 6.55. The van der Waals surface area contributed by atoms with Gasteiger partial charge in [-0.3, -0.25) is 20.2 Å². The maximum Gasteiger partial charge on any atom is 0.280 e. The molecule has 0 N–H and O–H groups in total. The molecular formula is C20H15ClN2O4. The molecule has 0 aliphatic carbocycles. The van der Waals surface area contributed by atoms with Gasteiger partial charge in [0, 0.05) is 22.7 Å². The number of nitro groups is 2. The number of nitrogens with zero attached hydrogens (tertiary/aromatic N) is 2. The molecule has 0 radical (unpaired) electrons. The Kier molecular flexibility index (Phi) is 5.19. The molecule has 3 rings (SSSR count). The molecule has 27 heavy (non-hydrogen) atoms. The van der Waals surface area contributed by atoms with Crippen molar-refractivity contribution in [2.24, 2.45) is 0 Å². The summed E-state index contributed by atoms with van der Waals surface area (Å²) in [6.45, 7) is 1.72. The molecule has 0 fully saturated rings. The van der Waals surface area contributed by atoms with Gasteiger partial charge in [-0.05, 0) is 60.4 Å². The van der Waals surface area contributed by atoms with Crippen molar-refractivity contribution >= 4 is 23.0 Å². The Morgan fingerprint density at radius 3 is 2.04 bits per heavy atom. The van der Waals surface area contributed by atoms with Gasteiger partial charge in [-0.1, -0.05) is 29.8 Å². The lowest BCUT2D eigenvalue weighted by Crippen LogP contribution is -2.00. The SMILES string of the molecule is Cc1c(Cc2ccc(Cl)cc2)ccc(-c2ccc([N+](=O)[O-])cc2)c1[N+](=O)[O-]. The zero-order valence-electron chi connectivity index (χ0n) is 14.4. The number of nitro benzene ring substituents is 2. The molecule has 6 nitrogen and oxygen atoms in total. The summed E-state index contributed by atoms with van der Waals surface area (Å²) in [7, 11) is 0. The summed E-state index contributed by atoms with van der Waals surface area (Å²) in [4.78, 5) is 21.6. The molecule has 136 valence electrons. The Labute approximate surface area is 160 Å². The molecule has 3 aromatic rings. The number of halogens is 1. The summed E-state index contributed by atoms with van der Waals surface area (Å²) in [5.74, 6) is 0. The number of rotatable bonds is 5. The quantitative estimate of drug-likeness (QED) is 0.417. The van der Waals surface area contributed by atoms with Gasteiger partial charge in [0.2, 0.25) is 0 Å². The highest BCUT2D eigenvalue weighted by Gasteiger charge is 2.22. The van der Waals surface area contributed by atoms with E-state index in [1.54, 1.807) is 25.1 Å². The van der Waals surface area contributed by atoms with Crippen LogP contribution in [0.25, 0.3) is 11.1 Å². The summed E-state index contributed by atoms with van der Waals surface area (Å²) in [5.41, 5.74) is 3.37. The molecule has 0 saturated heterocycles. The molecule has 0 aliphatic heterocycles. The van der Waals surface area contributed by atoms with Gasteiger partial charge in [0.1, 0.15) is 0 Å². The van der Waals surface area contributed by atoms with E-state index in [9.17, 15) is 20.2 Å². The maximum atomic E-state index is 11.7. The highest BCUT2D eigenvalue weighted by molar-refractivity contribution is 6.30. The summed E-state index contributed by atoms with van der Waals surface area (Å²) >= 11 is 5.90. The van der Waals surface area contributed by atoms with Crippen molar-refractivity contribution in [3.05, 3.63) is 103 Å². The van der Waals surface area contributed by atoms with E-state index in [-0.39, 0.29) is 11.4 Å². The molecule has 0 saturated carbocycles. The number of hydrogen-bond acceptors (Lipinski definition) is 4. The zero-order valence-corrected chi connectivity index (χ0v) is 15.1. The highest BCUT2D eigenvalue weighted by atomic mass is 35.5. The molecule has 0 spiro atoms. The molecule has 3 aromatic carbocycles. The largest absolute Gasteiger partial charge is 0.280 e. The predicted octanol–water partition coefficient (Wildman–Crippen LogP) is 5.72. The fourth-order valence-electron chi connectivity index (χ4n) is 2.99. The summed E-state index contributed by atoms with van der Waals surface area (Å²) in [6, 6.07) is 16.6. The van der Waals surface area contributed by atoms with Crippen LogP contribution in [0.1, 0.15) is 16.7 Å². The van der Waals surface area contributed by atoms with Crippen LogP contribution in [0, 0.1) is 27.2 Å². The number of hydrogen-bond donors (Lipinski definition) is 0. The molecule has 0 aromatic heterocycles. The molecule has 0 heterocycles. The van der Waals surface area contributed by atoms with E-state index in [2.05, 4.69) is 0 Å². The maximum absolute atomic E-state index is 11.7. The zero-order chi connectivity index (χ0) is 19.6. The van der Waals surface area contributed by atoms with Gasteiger partial charge in [-0.15, -0.1) is 0 Å². The summed E-state index contributed by atoms with van der Waals surface area (Å²) < 4.78 is 0. The average Bonchev–Trinajstić information content (AvgIpc) is 2.64. The van der Waals surface area contributed by atoms with Crippen molar-refractivity contribution in [2.45, 2.75) is 13.3 Å². The molecule has 0 atom stereocenters. The third-order valence-electron chi connectivity index (χ3n) is 4.42. The standard InChI is InChI=1S/C20H15ClN2O4/c1-13-16(12-14-2-7-17(21)8-3-14)6-11-19(20(13)23(26)27)15-4-9-18(10-5-15)22(24)25/h2-11H,12H2,1H3. The third kappa shape index (κ3) is 3.96. The number of non-ortho nitro benzene ring substituents is 1. The second kappa shape index (κ2) is 7.55. The van der Waals surface area contributed by atoms with Gasteiger partial charge in [0.25, 0.3) is 11.4 Å². The highest BCUT2D eigenvalue weighted by Crippen LogP contribution is 2.36. The van der Waals surface area contributed by atoms with Gasteiger partial charge < -0.3 is 0 Å². The first kappa shape index (κ1) is 18.5. The first-order chi connectivity index (χ1) is 12.9. The van der Waals surface area contributed by atoms with Gasteiger partial charge in [-0.2, -0.15) is 0 Å². The first-order valence-corrected chi connectivity index (χ1v) is 8.50. The molecule has 7 heteroatoms. The fourth-order valence-corrected chi connectivity index (χ4v) is 3.11. The molecule has 0 amide bonds. The third-order valence-corrected chi connectivity index (χ3v) is 4.67. The first-order valence-electron chi connectivity index (χ1n) is 8.13. The van der Waals surface area contributed by atoms with E-state index in [0.717, 1.165) is 11.1 Å². The lowest BCUT2D eigenvalue weighted by atomic mass is 9.93. The van der Waals surface area contributed by atoms with Crippen molar-refractivity contribution in [1.29, 1.82) is 0 Å². The Balaban J connectivity index is 2.03. The van der Waals surface area contributed by atoms with E-state index >= 15 is 0 Å². The van der Waals surface area contributed by atoms with Crippen molar-refractivity contribution in [3.8, 4) is 11.1 Å². The Morgan fingerprint density at radius 2 is 1.48 bits per heavy atom. The predicted molar refractivity (Wildman–Crippen MR) is 104 cm³/mol. The lowest BCUT2D eigenvalue weighted by molar-refractivity contribution is -0.385. The van der Waals surface area contributed by atoms with Crippen molar-refractivity contribution in [1.82, 2.24) is 0 Å². The van der Waals surface area contributed by atoms with Crippen LogP contribution in [-0.4, -0.2) is 9.85 Å². The minimum Gasteiger partial charge on any atom is -0.258 e. The molecule has 0 bridgehead atoms. The van der Waals surface area contributed by atoms with Gasteiger partial charge in [0.05, 0.1) is 15.4 Å². The second-order valence-electron chi connectivity index (χ2n) is 6.11. The van der Waals surface area contributed by atoms with Gasteiger partial charge in [0.15, 0.2) is 0 Å². The molecule has 0 unspecified atom stereocenters. The van der Waals surface area contributed by atoms with Crippen LogP contribution in [0.5, 0.6) is 0 Å². The van der Waals surface area contributed by atoms with Crippen LogP contribution in [0.3, 0.4) is 0 Å². The van der Waals surface area contributed by atoms with Crippen LogP contribution in [0.15, 0.2) is 60.7 Å². The lowest BCUT2D eigenvalue weighted by Gasteiger charge is -2.11. The summed E-state index contributed by atoms with van der Waals surface area (Å²) in [5, 5.41) is 23.2. The van der Waals surface area contributed by atoms with E-state index in [0.29, 0.717) is 28.1 Å². The van der Waals surface area contributed by atoms with Gasteiger partial charge >= 0.3 is 0 Å². The van der Waals surface area contributed by atoms with E-state index < -0.39 is 9.85 Å². The van der Waals surface area contributed by atoms with Crippen molar-refractivity contribution in [3.63, 3.8) is 0 Å². The van der Waals surface area contributed by atoms with E-state index in [1.165, 1.54) is 24.3 Å². The van der Waals surface area contributed by atoms with Crippen molar-refractivity contribution in [2.75, 3.05) is 0 Å². The van der Waals surface area contributed by atoms with E-state index in [4.69, 9.17) is 11.6 Å². The monoisotopic (exact) mass is 382 g/mol. The minimum atomic E-state index is -0.501. The van der Waals surface area contributed by atoms with Crippen LogP contribution in [-0.2, 0) is 6.42 Å². The van der Waals surface area contributed by atoms with Gasteiger partial charge in [-0.25, -0.2) is 0 Å². The molecule has 0 aliphatic rings. The normalized spacial score (nSPS) is 10.6. The van der Waals surface area contributed by atoms with Crippen LogP contribution >= 0.6 is 11.6 Å². The topological polar surface area (TPSA) is 86.3 Å². The molecular weight excluding hydrogens is 368 g/mol. The summed E-state index contributed by atoms with van der Waals surface area (Å²) in [6.07, 6.45) is 0.546. The Bertz CT molecular complexity index is 1020. The average molecular weight is 383 g/mol. The van der Waals surface area contributed by atoms with Crippen LogP contribution in [0.2, 0.25) is 5.02 Å². The smallest absolute Gasteiger partial charge is 0.258 e. The van der Waals surface area contributed by atoms with Crippen LogP contribution < -0.4 is 0 Å². The Morgan fingerprint density at radius 1 is 0.852 bits per heavy atom. The van der Waals surface area contributed by atoms with E-state index in [1.807, 2.05) is 18.2 Å². The minimum absolute atomic E-state index is 0.00955.